The maximum Gasteiger partial charge on any atom is 0.239 e. The Kier molecular flexibility index (Phi) is 8.26. The average Bonchev–Trinajstić information content (AvgIpc) is 2.47. The number of amides is 2. The van der Waals surface area contributed by atoms with E-state index in [4.69, 9.17) is 10.5 Å². The van der Waals surface area contributed by atoms with E-state index in [9.17, 15) is 9.59 Å². The SMILES string of the molecule is CCNC(=O)CN1CCN(C(=O)C(N)CCCOC)CC1. The molecule has 0 bridgehead atoms. The molecule has 1 fully saturated rings. The van der Waals surface area contributed by atoms with Crippen molar-refractivity contribution in [2.24, 2.45) is 5.73 Å². The van der Waals surface area contributed by atoms with E-state index in [1.807, 2.05) is 6.92 Å². The molecule has 2 amide bonds. The first-order chi connectivity index (χ1) is 10.1. The number of likely N-dealkylation sites (N-methyl/N-ethyl adjacent to an activating group) is 1. The monoisotopic (exact) mass is 300 g/mol. The van der Waals surface area contributed by atoms with Gasteiger partial charge in [-0.25, -0.2) is 0 Å². The predicted octanol–water partition coefficient (Wildman–Crippen LogP) is -0.979. The van der Waals surface area contributed by atoms with Crippen LogP contribution >= 0.6 is 0 Å². The van der Waals surface area contributed by atoms with Crippen molar-refractivity contribution < 1.29 is 14.3 Å². The van der Waals surface area contributed by atoms with Crippen molar-refractivity contribution in [3.63, 3.8) is 0 Å². The summed E-state index contributed by atoms with van der Waals surface area (Å²) in [5.41, 5.74) is 5.92. The second-order valence-electron chi connectivity index (χ2n) is 5.30. The first-order valence-corrected chi connectivity index (χ1v) is 7.60. The highest BCUT2D eigenvalue weighted by molar-refractivity contribution is 5.82. The molecule has 1 heterocycles. The van der Waals surface area contributed by atoms with Crippen LogP contribution in [0.1, 0.15) is 19.8 Å². The normalized spacial score (nSPS) is 17.6. The van der Waals surface area contributed by atoms with E-state index >= 15 is 0 Å². The standard InChI is InChI=1S/C14H28N4O3/c1-3-16-13(19)11-17-6-8-18(9-7-17)14(20)12(15)5-4-10-21-2/h12H,3-11,15H2,1-2H3,(H,16,19). The summed E-state index contributed by atoms with van der Waals surface area (Å²) < 4.78 is 4.96. The summed E-state index contributed by atoms with van der Waals surface area (Å²) in [6.07, 6.45) is 1.44. The Morgan fingerprint density at radius 2 is 1.95 bits per heavy atom. The number of methoxy groups -OCH3 is 1. The van der Waals surface area contributed by atoms with Crippen LogP contribution in [0.4, 0.5) is 0 Å². The van der Waals surface area contributed by atoms with Crippen LogP contribution in [-0.2, 0) is 14.3 Å². The molecule has 21 heavy (non-hydrogen) atoms. The van der Waals surface area contributed by atoms with E-state index in [1.54, 1.807) is 12.0 Å². The lowest BCUT2D eigenvalue weighted by molar-refractivity contribution is -0.134. The summed E-state index contributed by atoms with van der Waals surface area (Å²) in [6.45, 7) is 6.28. The van der Waals surface area contributed by atoms with Crippen molar-refractivity contribution in [3.8, 4) is 0 Å². The van der Waals surface area contributed by atoms with Gasteiger partial charge in [0.05, 0.1) is 12.6 Å². The minimum atomic E-state index is -0.449. The number of nitrogens with one attached hydrogen (secondary N) is 1. The van der Waals surface area contributed by atoms with Crippen LogP contribution in [0, 0.1) is 0 Å². The van der Waals surface area contributed by atoms with E-state index in [0.29, 0.717) is 52.3 Å². The van der Waals surface area contributed by atoms with Gasteiger partial charge in [-0.3, -0.25) is 14.5 Å². The second-order valence-corrected chi connectivity index (χ2v) is 5.30. The van der Waals surface area contributed by atoms with Gasteiger partial charge in [-0.1, -0.05) is 0 Å². The molecule has 0 radical (unpaired) electrons. The van der Waals surface area contributed by atoms with E-state index in [0.717, 1.165) is 6.42 Å². The zero-order valence-corrected chi connectivity index (χ0v) is 13.1. The smallest absolute Gasteiger partial charge is 0.239 e. The lowest BCUT2D eigenvalue weighted by Gasteiger charge is -2.35. The van der Waals surface area contributed by atoms with Crippen LogP contribution in [0.15, 0.2) is 0 Å². The lowest BCUT2D eigenvalue weighted by Crippen LogP contribution is -2.54. The Bertz CT molecular complexity index is 330. The van der Waals surface area contributed by atoms with Crippen LogP contribution in [0.2, 0.25) is 0 Å². The predicted molar refractivity (Wildman–Crippen MR) is 80.8 cm³/mol. The molecule has 1 rings (SSSR count). The third kappa shape index (κ3) is 6.41. The minimum Gasteiger partial charge on any atom is -0.385 e. The Morgan fingerprint density at radius 1 is 1.29 bits per heavy atom. The Balaban J connectivity index is 2.28. The number of carbonyl (C=O) groups excluding carboxylic acids is 2. The van der Waals surface area contributed by atoms with Gasteiger partial charge in [0.25, 0.3) is 0 Å². The van der Waals surface area contributed by atoms with Crippen LogP contribution in [0.3, 0.4) is 0 Å². The van der Waals surface area contributed by atoms with Crippen molar-refractivity contribution in [1.82, 2.24) is 15.1 Å². The van der Waals surface area contributed by atoms with Crippen LogP contribution in [0.25, 0.3) is 0 Å². The summed E-state index contributed by atoms with van der Waals surface area (Å²) in [4.78, 5) is 27.6. The van der Waals surface area contributed by atoms with Crippen molar-refractivity contribution in [2.75, 3.05) is 53.0 Å². The number of piperazine rings is 1. The molecule has 1 aliphatic rings. The molecule has 7 nitrogen and oxygen atoms in total. The highest BCUT2D eigenvalue weighted by Gasteiger charge is 2.25. The minimum absolute atomic E-state index is 0.00348. The molecule has 3 N–H and O–H groups in total. The molecule has 1 saturated heterocycles. The Hall–Kier alpha value is -1.18. The third-order valence-corrected chi connectivity index (χ3v) is 3.61. The fourth-order valence-electron chi connectivity index (χ4n) is 2.39. The molecular formula is C14H28N4O3. The largest absolute Gasteiger partial charge is 0.385 e. The van der Waals surface area contributed by atoms with Gasteiger partial charge in [-0.05, 0) is 19.8 Å². The van der Waals surface area contributed by atoms with Gasteiger partial charge in [0.15, 0.2) is 0 Å². The van der Waals surface area contributed by atoms with Gasteiger partial charge in [0.1, 0.15) is 0 Å². The molecule has 1 atom stereocenters. The summed E-state index contributed by atoms with van der Waals surface area (Å²) >= 11 is 0. The van der Waals surface area contributed by atoms with Gasteiger partial charge in [0, 0.05) is 46.4 Å². The molecule has 1 aliphatic heterocycles. The lowest BCUT2D eigenvalue weighted by atomic mass is 10.1. The Labute approximate surface area is 126 Å². The zero-order valence-electron chi connectivity index (χ0n) is 13.1. The molecule has 7 heteroatoms. The number of hydrogen-bond donors (Lipinski definition) is 2. The van der Waals surface area contributed by atoms with Crippen molar-refractivity contribution in [1.29, 1.82) is 0 Å². The number of hydrogen-bond acceptors (Lipinski definition) is 5. The molecule has 122 valence electrons. The fraction of sp³-hybridized carbons (Fsp3) is 0.857. The molecule has 1 unspecified atom stereocenters. The van der Waals surface area contributed by atoms with Gasteiger partial charge in [-0.2, -0.15) is 0 Å². The maximum absolute atomic E-state index is 12.2. The van der Waals surface area contributed by atoms with Crippen LogP contribution < -0.4 is 11.1 Å². The van der Waals surface area contributed by atoms with Crippen LogP contribution in [0.5, 0.6) is 0 Å². The van der Waals surface area contributed by atoms with Crippen molar-refractivity contribution >= 4 is 11.8 Å². The molecule has 0 spiro atoms. The van der Waals surface area contributed by atoms with Crippen molar-refractivity contribution in [3.05, 3.63) is 0 Å². The van der Waals surface area contributed by atoms with E-state index in [2.05, 4.69) is 10.2 Å². The second kappa shape index (κ2) is 9.70. The highest BCUT2D eigenvalue weighted by atomic mass is 16.5. The molecule has 0 saturated carbocycles. The van der Waals surface area contributed by atoms with Gasteiger partial charge < -0.3 is 20.7 Å². The zero-order chi connectivity index (χ0) is 15.7. The number of nitrogens with two attached hydrogens (primary N) is 1. The van der Waals surface area contributed by atoms with Crippen molar-refractivity contribution in [2.45, 2.75) is 25.8 Å². The highest BCUT2D eigenvalue weighted by Crippen LogP contribution is 2.06. The Morgan fingerprint density at radius 3 is 2.52 bits per heavy atom. The molecule has 0 aromatic carbocycles. The molecule has 0 aromatic rings. The van der Waals surface area contributed by atoms with Gasteiger partial charge >= 0.3 is 0 Å². The first-order valence-electron chi connectivity index (χ1n) is 7.60. The van der Waals surface area contributed by atoms with E-state index < -0.39 is 6.04 Å². The summed E-state index contributed by atoms with van der Waals surface area (Å²) in [5, 5.41) is 2.78. The number of nitrogens with zero attached hydrogens (tertiary/aromatic N) is 2. The van der Waals surface area contributed by atoms with E-state index in [1.165, 1.54) is 0 Å². The van der Waals surface area contributed by atoms with Gasteiger partial charge in [-0.15, -0.1) is 0 Å². The van der Waals surface area contributed by atoms with Crippen LogP contribution in [-0.4, -0.2) is 80.6 Å². The fourth-order valence-corrected chi connectivity index (χ4v) is 2.39. The van der Waals surface area contributed by atoms with Gasteiger partial charge in [0.2, 0.25) is 11.8 Å². The first kappa shape index (κ1) is 17.9. The molecule has 0 aliphatic carbocycles. The summed E-state index contributed by atoms with van der Waals surface area (Å²) in [7, 11) is 1.64. The maximum atomic E-state index is 12.2. The summed E-state index contributed by atoms with van der Waals surface area (Å²) in [6, 6.07) is -0.449. The molecule has 0 aromatic heterocycles. The summed E-state index contributed by atoms with van der Waals surface area (Å²) in [5.74, 6) is 0.0392. The number of rotatable bonds is 8. The van der Waals surface area contributed by atoms with E-state index in [-0.39, 0.29) is 11.8 Å². The number of ether oxygens (including phenoxy) is 1. The quantitative estimate of drug-likeness (QED) is 0.563. The number of carbonyl (C=O) groups is 2. The average molecular weight is 300 g/mol. The third-order valence-electron chi connectivity index (χ3n) is 3.61. The molecular weight excluding hydrogens is 272 g/mol. The topological polar surface area (TPSA) is 87.9 Å².